The lowest BCUT2D eigenvalue weighted by Gasteiger charge is -2.13. The van der Waals surface area contributed by atoms with Crippen LogP contribution in [0.4, 0.5) is 0 Å². The van der Waals surface area contributed by atoms with Crippen molar-refractivity contribution in [3.8, 4) is 0 Å². The number of aromatic nitrogens is 9. The molecule has 0 saturated heterocycles. The minimum Gasteiger partial charge on any atom is -0.372 e. The fraction of sp³-hybridized carbons (Fsp3) is 0.600. The summed E-state index contributed by atoms with van der Waals surface area (Å²) in [7, 11) is 0. The molecule has 0 atom stereocenters. The third-order valence-corrected chi connectivity index (χ3v) is 5.47. The van der Waals surface area contributed by atoms with E-state index in [0.717, 1.165) is 68.1 Å². The molecule has 0 aliphatic carbocycles. The number of hydrogen-bond donors (Lipinski definition) is 0. The molecule has 3 aromatic rings. The van der Waals surface area contributed by atoms with Crippen molar-refractivity contribution >= 4 is 6.20 Å². The van der Waals surface area contributed by atoms with Crippen LogP contribution >= 0.6 is 0 Å². The van der Waals surface area contributed by atoms with Crippen molar-refractivity contribution in [2.24, 2.45) is 0 Å². The maximum atomic E-state index is 5.19. The fourth-order valence-corrected chi connectivity index (χ4v) is 3.77. The maximum Gasteiger partial charge on any atom is 0.159 e. The van der Waals surface area contributed by atoms with Crippen LogP contribution < -0.4 is 0 Å². The molecule has 0 bridgehead atoms. The molecule has 0 unspecified atom stereocenters. The van der Waals surface area contributed by atoms with E-state index in [1.807, 2.05) is 31.5 Å². The van der Waals surface area contributed by atoms with Gasteiger partial charge in [0.1, 0.15) is 35.7 Å². The molecular weight excluding hydrogens is 382 g/mol. The predicted octanol–water partition coefficient (Wildman–Crippen LogP) is 2.04. The average Bonchev–Trinajstić information content (AvgIpc) is 3.48. The average molecular weight is 412 g/mol. The van der Waals surface area contributed by atoms with Gasteiger partial charge in [0.05, 0.1) is 6.61 Å². The van der Waals surface area contributed by atoms with Crippen molar-refractivity contribution in [2.45, 2.75) is 72.6 Å². The zero-order chi connectivity index (χ0) is 20.9. The van der Waals surface area contributed by atoms with Gasteiger partial charge in [-0.25, -0.2) is 0 Å². The number of hydrogen-bond acceptors (Lipinski definition) is 7. The van der Waals surface area contributed by atoms with Gasteiger partial charge in [0.2, 0.25) is 0 Å². The van der Waals surface area contributed by atoms with Gasteiger partial charge >= 0.3 is 0 Å². The molecular formula is C20H29N9O. The highest BCUT2D eigenvalue weighted by Crippen LogP contribution is 2.13. The Hall–Kier alpha value is -2.88. The summed E-state index contributed by atoms with van der Waals surface area (Å²) >= 11 is 0. The number of fused-ring (bicyclic) bond motifs is 3. The number of allylic oxidation sites excluding steroid dienone is 1. The van der Waals surface area contributed by atoms with Crippen LogP contribution in [0.1, 0.15) is 54.2 Å². The molecule has 0 spiro atoms. The van der Waals surface area contributed by atoms with Crippen molar-refractivity contribution in [3.05, 3.63) is 41.0 Å². The first-order valence-electron chi connectivity index (χ1n) is 10.6. The van der Waals surface area contributed by atoms with E-state index in [0.29, 0.717) is 6.61 Å². The smallest absolute Gasteiger partial charge is 0.159 e. The Balaban J connectivity index is 0.000000109. The lowest BCUT2D eigenvalue weighted by Crippen LogP contribution is -2.17. The normalized spacial score (nSPS) is 16.4. The van der Waals surface area contributed by atoms with E-state index in [2.05, 4.69) is 45.8 Å². The first kappa shape index (κ1) is 20.4. The summed E-state index contributed by atoms with van der Waals surface area (Å²) in [6, 6.07) is 0. The summed E-state index contributed by atoms with van der Waals surface area (Å²) in [5.41, 5.74) is 0. The summed E-state index contributed by atoms with van der Waals surface area (Å²) in [5.74, 6) is 6.23. The van der Waals surface area contributed by atoms with Crippen molar-refractivity contribution in [3.63, 3.8) is 0 Å². The molecule has 30 heavy (non-hydrogen) atoms. The van der Waals surface area contributed by atoms with Crippen molar-refractivity contribution in [2.75, 3.05) is 6.61 Å². The van der Waals surface area contributed by atoms with Crippen LogP contribution in [-0.2, 0) is 37.3 Å². The molecule has 0 N–H and O–H groups in total. The molecule has 160 valence electrons. The van der Waals surface area contributed by atoms with Gasteiger partial charge in [-0.05, 0) is 40.0 Å². The van der Waals surface area contributed by atoms with E-state index in [1.165, 1.54) is 18.7 Å². The second-order valence-corrected chi connectivity index (χ2v) is 7.60. The van der Waals surface area contributed by atoms with Gasteiger partial charge in [-0.2, -0.15) is 0 Å². The Morgan fingerprint density at radius 3 is 2.17 bits per heavy atom. The Bertz CT molecular complexity index is 962. The standard InChI is InChI=1S/C7H11N3.C7H9N3.C6H9N3O/c2*1-6-8-9-7-4-2-3-5-10(6)7;1-5-7-8-6-4-10-3-2-9(5)6/h2-5H2,1H3;3,5H,2,4H2,1H3;2-4H2,1H3. The molecule has 10 nitrogen and oxygen atoms in total. The Kier molecular flexibility index (Phi) is 6.32. The molecule has 0 radical (unpaired) electrons. The first-order chi connectivity index (χ1) is 14.6. The topological polar surface area (TPSA) is 101 Å². The number of rotatable bonds is 0. The summed E-state index contributed by atoms with van der Waals surface area (Å²) in [5, 5.41) is 23.9. The molecule has 6 rings (SSSR count). The van der Waals surface area contributed by atoms with E-state index in [-0.39, 0.29) is 0 Å². The predicted molar refractivity (Wildman–Crippen MR) is 111 cm³/mol. The van der Waals surface area contributed by atoms with Gasteiger partial charge < -0.3 is 13.9 Å². The van der Waals surface area contributed by atoms with Crippen LogP contribution in [0.2, 0.25) is 0 Å². The van der Waals surface area contributed by atoms with Crippen molar-refractivity contribution in [1.29, 1.82) is 0 Å². The van der Waals surface area contributed by atoms with Gasteiger partial charge in [0.15, 0.2) is 5.82 Å². The third kappa shape index (κ3) is 4.48. The lowest BCUT2D eigenvalue weighted by atomic mass is 10.2. The Morgan fingerprint density at radius 1 is 0.733 bits per heavy atom. The number of nitrogens with zero attached hydrogens (tertiary/aromatic N) is 9. The highest BCUT2D eigenvalue weighted by Gasteiger charge is 2.13. The minimum atomic E-state index is 0.612. The van der Waals surface area contributed by atoms with Crippen LogP contribution in [0.5, 0.6) is 0 Å². The zero-order valence-electron chi connectivity index (χ0n) is 18.0. The maximum absolute atomic E-state index is 5.19. The second kappa shape index (κ2) is 9.29. The van der Waals surface area contributed by atoms with E-state index in [9.17, 15) is 0 Å². The Labute approximate surface area is 176 Å². The molecule has 0 saturated carbocycles. The van der Waals surface area contributed by atoms with E-state index < -0.39 is 0 Å². The van der Waals surface area contributed by atoms with Gasteiger partial charge in [-0.15, -0.1) is 30.6 Å². The fourth-order valence-electron chi connectivity index (χ4n) is 3.77. The molecule has 3 aliphatic heterocycles. The van der Waals surface area contributed by atoms with Crippen LogP contribution in [-0.4, -0.2) is 50.9 Å². The highest BCUT2D eigenvalue weighted by atomic mass is 16.5. The first-order valence-corrected chi connectivity index (χ1v) is 10.6. The van der Waals surface area contributed by atoms with Gasteiger partial charge in [0.25, 0.3) is 0 Å². The Morgan fingerprint density at radius 2 is 1.43 bits per heavy atom. The molecule has 3 aromatic heterocycles. The zero-order valence-corrected chi connectivity index (χ0v) is 18.0. The third-order valence-electron chi connectivity index (χ3n) is 5.47. The van der Waals surface area contributed by atoms with Crippen LogP contribution in [0.15, 0.2) is 6.08 Å². The number of ether oxygens (including phenoxy) is 1. The van der Waals surface area contributed by atoms with Crippen LogP contribution in [0.25, 0.3) is 6.20 Å². The monoisotopic (exact) mass is 411 g/mol. The van der Waals surface area contributed by atoms with E-state index in [4.69, 9.17) is 4.74 Å². The molecule has 0 fully saturated rings. The van der Waals surface area contributed by atoms with Crippen LogP contribution in [0.3, 0.4) is 0 Å². The van der Waals surface area contributed by atoms with Gasteiger partial charge in [-0.3, -0.25) is 4.57 Å². The van der Waals surface area contributed by atoms with Gasteiger partial charge in [-0.1, -0.05) is 6.08 Å². The summed E-state index contributed by atoms with van der Waals surface area (Å²) in [6.45, 7) is 9.35. The van der Waals surface area contributed by atoms with Crippen molar-refractivity contribution < 1.29 is 4.74 Å². The minimum absolute atomic E-state index is 0.612. The molecule has 0 amide bonds. The van der Waals surface area contributed by atoms with E-state index in [1.54, 1.807) is 0 Å². The lowest BCUT2D eigenvalue weighted by molar-refractivity contribution is 0.0809. The SMILES string of the molecule is Cc1nnc2n1C=CCC2.Cc1nnc2n1CCCC2.Cc1nnc2n1CCOC2. The summed E-state index contributed by atoms with van der Waals surface area (Å²) in [4.78, 5) is 0. The van der Waals surface area contributed by atoms with Gasteiger partial charge in [0, 0.05) is 32.1 Å². The van der Waals surface area contributed by atoms with Crippen molar-refractivity contribution in [1.82, 2.24) is 44.3 Å². The quantitative estimate of drug-likeness (QED) is 0.558. The van der Waals surface area contributed by atoms with E-state index >= 15 is 0 Å². The molecule has 0 aromatic carbocycles. The largest absolute Gasteiger partial charge is 0.372 e. The van der Waals surface area contributed by atoms with Crippen LogP contribution in [0, 0.1) is 20.8 Å². The summed E-state index contributed by atoms with van der Waals surface area (Å²) < 4.78 is 11.5. The number of aryl methyl sites for hydroxylation is 5. The molecule has 10 heteroatoms. The second-order valence-electron chi connectivity index (χ2n) is 7.60. The summed E-state index contributed by atoms with van der Waals surface area (Å²) in [6.07, 6.45) is 9.97. The highest BCUT2D eigenvalue weighted by molar-refractivity contribution is 5.29. The molecule has 6 heterocycles. The molecule has 3 aliphatic rings.